The minimum Gasteiger partial charge on any atom is -0.396 e. The Kier molecular flexibility index (Phi) is 10.9. The molecule has 58 valence electrons. The molecule has 1 atom stereocenters. The predicted octanol–water partition coefficient (Wildman–Crippen LogP) is 0.776. The van der Waals surface area contributed by atoms with E-state index in [4.69, 9.17) is 10.8 Å². The summed E-state index contributed by atoms with van der Waals surface area (Å²) in [5.41, 5.74) is 5.33. The first-order chi connectivity index (χ1) is 3.81. The Balaban J connectivity index is 0. The largest absolute Gasteiger partial charge is 0.396 e. The lowest BCUT2D eigenvalue weighted by Gasteiger charge is -2.04. The van der Waals surface area contributed by atoms with Crippen LogP contribution in [0.15, 0.2) is 0 Å². The summed E-state index contributed by atoms with van der Waals surface area (Å²) in [6.07, 6.45) is 1.94. The summed E-state index contributed by atoms with van der Waals surface area (Å²) in [5, 5.41) is 8.37. The molecule has 0 rings (SSSR count). The van der Waals surface area contributed by atoms with E-state index in [0.717, 1.165) is 19.4 Å². The van der Waals surface area contributed by atoms with E-state index in [1.807, 2.05) is 0 Å². The van der Waals surface area contributed by atoms with Gasteiger partial charge in [0.25, 0.3) is 0 Å². The molecule has 0 aliphatic rings. The van der Waals surface area contributed by atoms with Crippen LogP contribution in [0.2, 0.25) is 0 Å². The zero-order valence-electron chi connectivity index (χ0n) is 5.84. The van der Waals surface area contributed by atoms with Crippen LogP contribution in [0.3, 0.4) is 0 Å². The molecular formula is C6H16ClNO. The summed E-state index contributed by atoms with van der Waals surface area (Å²) in [6.45, 7) is 3.12. The third-order valence-electron chi connectivity index (χ3n) is 1.26. The van der Waals surface area contributed by atoms with Crippen molar-refractivity contribution < 1.29 is 5.11 Å². The molecule has 0 aliphatic heterocycles. The molecule has 0 spiro atoms. The summed E-state index contributed by atoms with van der Waals surface area (Å²) in [7, 11) is 0. The zero-order valence-corrected chi connectivity index (χ0v) is 6.66. The normalized spacial score (nSPS) is 12.3. The molecule has 2 nitrogen and oxygen atoms in total. The second kappa shape index (κ2) is 8.21. The maximum atomic E-state index is 8.37. The lowest BCUT2D eigenvalue weighted by molar-refractivity contribution is 0.274. The summed E-state index contributed by atoms with van der Waals surface area (Å²) in [5.74, 6) is 0.571. The van der Waals surface area contributed by atoms with E-state index in [9.17, 15) is 0 Å². The topological polar surface area (TPSA) is 46.2 Å². The highest BCUT2D eigenvalue weighted by Gasteiger charge is 1.95. The van der Waals surface area contributed by atoms with Crippen LogP contribution in [0.1, 0.15) is 19.8 Å². The summed E-state index contributed by atoms with van der Waals surface area (Å²) in [4.78, 5) is 0. The van der Waals surface area contributed by atoms with Crippen LogP contribution < -0.4 is 5.73 Å². The first-order valence-electron chi connectivity index (χ1n) is 3.12. The van der Waals surface area contributed by atoms with E-state index < -0.39 is 0 Å². The maximum absolute atomic E-state index is 8.37. The van der Waals surface area contributed by atoms with Crippen molar-refractivity contribution in [3.05, 3.63) is 0 Å². The first-order valence-corrected chi connectivity index (χ1v) is 3.12. The molecular weight excluding hydrogens is 138 g/mol. The molecule has 0 aromatic rings. The first kappa shape index (κ1) is 11.9. The fraction of sp³-hybridized carbons (Fsp3) is 1.00. The SMILES string of the molecule is CC(CN)CCCO.Cl. The number of halogens is 1. The molecule has 9 heavy (non-hydrogen) atoms. The molecule has 0 saturated heterocycles. The molecule has 0 radical (unpaired) electrons. The Bertz CT molecular complexity index is 52.3. The Morgan fingerprint density at radius 1 is 1.56 bits per heavy atom. The van der Waals surface area contributed by atoms with E-state index in [2.05, 4.69) is 6.92 Å². The van der Waals surface area contributed by atoms with Crippen molar-refractivity contribution in [2.75, 3.05) is 13.2 Å². The van der Waals surface area contributed by atoms with E-state index in [-0.39, 0.29) is 12.4 Å². The number of rotatable bonds is 4. The van der Waals surface area contributed by atoms with Gasteiger partial charge in [0.05, 0.1) is 0 Å². The van der Waals surface area contributed by atoms with Gasteiger partial charge in [-0.25, -0.2) is 0 Å². The standard InChI is InChI=1S/C6H15NO.ClH/c1-6(5-7)3-2-4-8;/h6,8H,2-5,7H2,1H3;1H. The van der Waals surface area contributed by atoms with Crippen molar-refractivity contribution in [1.82, 2.24) is 0 Å². The van der Waals surface area contributed by atoms with E-state index in [0.29, 0.717) is 12.5 Å². The highest BCUT2D eigenvalue weighted by Crippen LogP contribution is 2.00. The highest BCUT2D eigenvalue weighted by molar-refractivity contribution is 5.85. The highest BCUT2D eigenvalue weighted by atomic mass is 35.5. The fourth-order valence-corrected chi connectivity index (χ4v) is 0.558. The third kappa shape index (κ3) is 8.21. The van der Waals surface area contributed by atoms with Crippen molar-refractivity contribution >= 4 is 12.4 Å². The Morgan fingerprint density at radius 2 is 2.11 bits per heavy atom. The smallest absolute Gasteiger partial charge is 0.0431 e. The van der Waals surface area contributed by atoms with Crippen LogP contribution in [0.4, 0.5) is 0 Å². The van der Waals surface area contributed by atoms with E-state index in [1.54, 1.807) is 0 Å². The van der Waals surface area contributed by atoms with Gasteiger partial charge in [0.1, 0.15) is 0 Å². The minimum absolute atomic E-state index is 0. The van der Waals surface area contributed by atoms with Crippen LogP contribution in [0, 0.1) is 5.92 Å². The second-order valence-corrected chi connectivity index (χ2v) is 2.21. The summed E-state index contributed by atoms with van der Waals surface area (Å²) in [6, 6.07) is 0. The van der Waals surface area contributed by atoms with Crippen LogP contribution >= 0.6 is 12.4 Å². The molecule has 0 saturated carbocycles. The Morgan fingerprint density at radius 3 is 2.44 bits per heavy atom. The van der Waals surface area contributed by atoms with Crippen molar-refractivity contribution in [2.45, 2.75) is 19.8 Å². The Hall–Kier alpha value is 0.210. The fourth-order valence-electron chi connectivity index (χ4n) is 0.558. The van der Waals surface area contributed by atoms with Gasteiger partial charge in [-0.1, -0.05) is 6.92 Å². The molecule has 0 amide bonds. The van der Waals surface area contributed by atoms with Gasteiger partial charge in [0.2, 0.25) is 0 Å². The molecule has 3 N–H and O–H groups in total. The molecule has 0 heterocycles. The number of hydrogen-bond donors (Lipinski definition) is 2. The van der Waals surface area contributed by atoms with Gasteiger partial charge in [-0.2, -0.15) is 0 Å². The van der Waals surface area contributed by atoms with Crippen LogP contribution in [-0.2, 0) is 0 Å². The van der Waals surface area contributed by atoms with Crippen molar-refractivity contribution in [2.24, 2.45) is 11.7 Å². The molecule has 0 fully saturated rings. The van der Waals surface area contributed by atoms with Gasteiger partial charge in [-0.15, -0.1) is 12.4 Å². The second-order valence-electron chi connectivity index (χ2n) is 2.21. The number of aliphatic hydroxyl groups is 1. The van der Waals surface area contributed by atoms with Crippen molar-refractivity contribution in [3.63, 3.8) is 0 Å². The summed E-state index contributed by atoms with van der Waals surface area (Å²) >= 11 is 0. The lowest BCUT2D eigenvalue weighted by atomic mass is 10.1. The minimum atomic E-state index is 0. The Labute approximate surface area is 62.9 Å². The van der Waals surface area contributed by atoms with Gasteiger partial charge in [-0.05, 0) is 25.3 Å². The zero-order chi connectivity index (χ0) is 6.41. The van der Waals surface area contributed by atoms with Crippen LogP contribution in [0.25, 0.3) is 0 Å². The summed E-state index contributed by atoms with van der Waals surface area (Å²) < 4.78 is 0. The average Bonchev–Trinajstić information content (AvgIpc) is 1.83. The van der Waals surface area contributed by atoms with Crippen LogP contribution in [-0.4, -0.2) is 18.3 Å². The predicted molar refractivity (Wildman–Crippen MR) is 41.8 cm³/mol. The van der Waals surface area contributed by atoms with Gasteiger partial charge in [0, 0.05) is 6.61 Å². The third-order valence-corrected chi connectivity index (χ3v) is 1.26. The number of aliphatic hydroxyl groups excluding tert-OH is 1. The van der Waals surface area contributed by atoms with Gasteiger partial charge in [-0.3, -0.25) is 0 Å². The van der Waals surface area contributed by atoms with Gasteiger partial charge in [0.15, 0.2) is 0 Å². The van der Waals surface area contributed by atoms with E-state index >= 15 is 0 Å². The number of hydrogen-bond acceptors (Lipinski definition) is 2. The van der Waals surface area contributed by atoms with Gasteiger partial charge < -0.3 is 10.8 Å². The molecule has 1 unspecified atom stereocenters. The molecule has 0 aliphatic carbocycles. The average molecular weight is 154 g/mol. The van der Waals surface area contributed by atoms with E-state index in [1.165, 1.54) is 0 Å². The van der Waals surface area contributed by atoms with Crippen molar-refractivity contribution in [3.8, 4) is 0 Å². The lowest BCUT2D eigenvalue weighted by Crippen LogP contribution is -2.10. The molecule has 0 aromatic carbocycles. The van der Waals surface area contributed by atoms with Crippen LogP contribution in [0.5, 0.6) is 0 Å². The molecule has 0 aromatic heterocycles. The molecule has 3 heteroatoms. The van der Waals surface area contributed by atoms with Crippen molar-refractivity contribution in [1.29, 1.82) is 0 Å². The monoisotopic (exact) mass is 153 g/mol. The maximum Gasteiger partial charge on any atom is 0.0431 e. The quantitative estimate of drug-likeness (QED) is 0.627. The van der Waals surface area contributed by atoms with Gasteiger partial charge >= 0.3 is 0 Å². The molecule has 0 bridgehead atoms. The number of nitrogens with two attached hydrogens (primary N) is 1.